The summed E-state index contributed by atoms with van der Waals surface area (Å²) in [6.07, 6.45) is 3.81. The van der Waals surface area contributed by atoms with Gasteiger partial charge in [-0.15, -0.1) is 11.3 Å². The number of para-hydroxylation sites is 1. The minimum absolute atomic E-state index is 0.512. The van der Waals surface area contributed by atoms with Crippen LogP contribution in [0.4, 0.5) is 0 Å². The van der Waals surface area contributed by atoms with Crippen molar-refractivity contribution in [2.45, 2.75) is 19.8 Å². The summed E-state index contributed by atoms with van der Waals surface area (Å²) in [6, 6.07) is 11.8. The van der Waals surface area contributed by atoms with E-state index in [0.29, 0.717) is 10.9 Å². The molecule has 5 nitrogen and oxygen atoms in total. The molecule has 0 saturated carbocycles. The maximum atomic E-state index is 5.77. The molecule has 0 spiro atoms. The molecule has 0 amide bonds. The van der Waals surface area contributed by atoms with Crippen LogP contribution in [0.1, 0.15) is 25.5 Å². The van der Waals surface area contributed by atoms with Crippen molar-refractivity contribution in [2.75, 3.05) is 6.54 Å². The Labute approximate surface area is 149 Å². The summed E-state index contributed by atoms with van der Waals surface area (Å²) >= 11 is 6.73. The lowest BCUT2D eigenvalue weighted by Gasteiger charge is -2.04. The van der Waals surface area contributed by atoms with Gasteiger partial charge in [-0.1, -0.05) is 25.5 Å². The highest BCUT2D eigenvalue weighted by molar-refractivity contribution is 7.80. The molecule has 0 saturated heterocycles. The molecule has 3 aromatic rings. The predicted molar refractivity (Wildman–Crippen MR) is 104 cm³/mol. The van der Waals surface area contributed by atoms with E-state index in [0.717, 1.165) is 40.4 Å². The second kappa shape index (κ2) is 8.03. The molecule has 1 aromatic carbocycles. The minimum atomic E-state index is 0.512. The maximum absolute atomic E-state index is 5.77. The second-order valence-electron chi connectivity index (χ2n) is 5.17. The van der Waals surface area contributed by atoms with Gasteiger partial charge in [0, 0.05) is 6.54 Å². The van der Waals surface area contributed by atoms with Crippen molar-refractivity contribution in [1.82, 2.24) is 15.7 Å². The van der Waals surface area contributed by atoms with E-state index in [9.17, 15) is 0 Å². The predicted octanol–water partition coefficient (Wildman–Crippen LogP) is 4.15. The number of thiocarbonyl (C=S) groups is 1. The molecule has 2 aromatic heterocycles. The number of thiazole rings is 1. The number of benzene rings is 1. The summed E-state index contributed by atoms with van der Waals surface area (Å²) in [6.45, 7) is 2.98. The number of fused-ring (bicyclic) bond motifs is 1. The summed E-state index contributed by atoms with van der Waals surface area (Å²) < 4.78 is 6.92. The molecule has 0 aliphatic heterocycles. The SMILES string of the molecule is CCCCNC(=S)N/N=C\c1ccc(-c2nc3ccccc3s2)o1. The second-order valence-corrected chi connectivity index (χ2v) is 6.61. The van der Waals surface area contributed by atoms with Gasteiger partial charge in [-0.05, 0) is 42.9 Å². The molecule has 124 valence electrons. The van der Waals surface area contributed by atoms with E-state index in [4.69, 9.17) is 16.6 Å². The fourth-order valence-corrected chi connectivity index (χ4v) is 3.17. The third-order valence-electron chi connectivity index (χ3n) is 3.31. The molecular formula is C17H18N4OS2. The normalized spacial score (nSPS) is 11.2. The molecular weight excluding hydrogens is 340 g/mol. The summed E-state index contributed by atoms with van der Waals surface area (Å²) in [5, 5.41) is 8.54. The molecule has 3 rings (SSSR count). The first-order valence-corrected chi connectivity index (χ1v) is 9.01. The Hall–Kier alpha value is -2.25. The Morgan fingerprint density at radius 1 is 1.33 bits per heavy atom. The van der Waals surface area contributed by atoms with Gasteiger partial charge in [0.05, 0.1) is 16.4 Å². The lowest BCUT2D eigenvalue weighted by molar-refractivity contribution is 0.574. The van der Waals surface area contributed by atoms with Crippen molar-refractivity contribution in [1.29, 1.82) is 0 Å². The third kappa shape index (κ3) is 4.18. The van der Waals surface area contributed by atoms with Gasteiger partial charge in [-0.25, -0.2) is 4.98 Å². The number of unbranched alkanes of at least 4 members (excludes halogenated alkanes) is 1. The van der Waals surface area contributed by atoms with E-state index < -0.39 is 0 Å². The van der Waals surface area contributed by atoms with Gasteiger partial charge < -0.3 is 9.73 Å². The molecule has 0 aliphatic carbocycles. The molecule has 0 atom stereocenters. The third-order valence-corrected chi connectivity index (χ3v) is 4.59. The van der Waals surface area contributed by atoms with Crippen LogP contribution in [0.2, 0.25) is 0 Å². The van der Waals surface area contributed by atoms with E-state index in [-0.39, 0.29) is 0 Å². The van der Waals surface area contributed by atoms with Crippen molar-refractivity contribution >= 4 is 45.1 Å². The van der Waals surface area contributed by atoms with Gasteiger partial charge in [0.1, 0.15) is 5.76 Å². The highest BCUT2D eigenvalue weighted by atomic mass is 32.1. The van der Waals surface area contributed by atoms with Crippen LogP contribution >= 0.6 is 23.6 Å². The van der Waals surface area contributed by atoms with Crippen molar-refractivity contribution < 1.29 is 4.42 Å². The van der Waals surface area contributed by atoms with Gasteiger partial charge in [-0.3, -0.25) is 5.43 Å². The molecule has 2 N–H and O–H groups in total. The molecule has 0 aliphatic rings. The number of aromatic nitrogens is 1. The van der Waals surface area contributed by atoms with Crippen LogP contribution in [0.5, 0.6) is 0 Å². The molecule has 0 unspecified atom stereocenters. The van der Waals surface area contributed by atoms with Gasteiger partial charge in [-0.2, -0.15) is 5.10 Å². The summed E-state index contributed by atoms with van der Waals surface area (Å²) in [4.78, 5) is 4.58. The Morgan fingerprint density at radius 2 is 2.21 bits per heavy atom. The summed E-state index contributed by atoms with van der Waals surface area (Å²) in [5.41, 5.74) is 3.76. The summed E-state index contributed by atoms with van der Waals surface area (Å²) in [5.74, 6) is 1.38. The van der Waals surface area contributed by atoms with E-state index >= 15 is 0 Å². The zero-order chi connectivity index (χ0) is 16.8. The smallest absolute Gasteiger partial charge is 0.186 e. The van der Waals surface area contributed by atoms with Crippen molar-refractivity contribution in [2.24, 2.45) is 5.10 Å². The standard InChI is InChI=1S/C17H18N4OS2/c1-2-3-10-18-17(23)21-19-11-12-8-9-14(22-12)16-20-13-6-4-5-7-15(13)24-16/h4-9,11H,2-3,10H2,1H3,(H2,18,21,23)/b19-11-. The van der Waals surface area contributed by atoms with Crippen molar-refractivity contribution in [3.05, 3.63) is 42.2 Å². The first kappa shape index (κ1) is 16.6. The van der Waals surface area contributed by atoms with E-state index in [2.05, 4.69) is 33.8 Å². The zero-order valence-electron chi connectivity index (χ0n) is 13.3. The Bertz CT molecular complexity index is 820. The van der Waals surface area contributed by atoms with Gasteiger partial charge in [0.15, 0.2) is 15.9 Å². The average Bonchev–Trinajstić information content (AvgIpc) is 3.21. The number of hydrazone groups is 1. The Balaban J connectivity index is 1.61. The van der Waals surface area contributed by atoms with E-state index in [1.165, 1.54) is 0 Å². The average molecular weight is 358 g/mol. The number of nitrogens with one attached hydrogen (secondary N) is 2. The highest BCUT2D eigenvalue weighted by Crippen LogP contribution is 2.30. The maximum Gasteiger partial charge on any atom is 0.186 e. The van der Waals surface area contributed by atoms with Crippen LogP contribution in [0.25, 0.3) is 21.0 Å². The van der Waals surface area contributed by atoms with Gasteiger partial charge in [0.25, 0.3) is 0 Å². The fourth-order valence-electron chi connectivity index (χ4n) is 2.09. The number of hydrogen-bond donors (Lipinski definition) is 2. The number of rotatable bonds is 6. The van der Waals surface area contributed by atoms with Gasteiger partial charge >= 0.3 is 0 Å². The number of nitrogens with zero attached hydrogens (tertiary/aromatic N) is 2. The zero-order valence-corrected chi connectivity index (χ0v) is 14.9. The van der Waals surface area contributed by atoms with Crippen LogP contribution in [-0.4, -0.2) is 22.9 Å². The monoisotopic (exact) mass is 358 g/mol. The quantitative estimate of drug-likeness (QED) is 0.300. The first-order chi connectivity index (χ1) is 11.8. The first-order valence-electron chi connectivity index (χ1n) is 7.79. The summed E-state index contributed by atoms with van der Waals surface area (Å²) in [7, 11) is 0. The fraction of sp³-hybridized carbons (Fsp3) is 0.235. The van der Waals surface area contributed by atoms with Gasteiger partial charge in [0.2, 0.25) is 0 Å². The molecule has 2 heterocycles. The molecule has 0 bridgehead atoms. The van der Waals surface area contributed by atoms with Crippen LogP contribution < -0.4 is 10.7 Å². The van der Waals surface area contributed by atoms with Crippen LogP contribution in [0, 0.1) is 0 Å². The number of hydrogen-bond acceptors (Lipinski definition) is 5. The molecule has 24 heavy (non-hydrogen) atoms. The van der Waals surface area contributed by atoms with E-state index in [1.807, 2.05) is 30.3 Å². The largest absolute Gasteiger partial charge is 0.453 e. The lowest BCUT2D eigenvalue weighted by Crippen LogP contribution is -2.32. The van der Waals surface area contributed by atoms with Crippen molar-refractivity contribution in [3.63, 3.8) is 0 Å². The minimum Gasteiger partial charge on any atom is -0.453 e. The molecule has 0 fully saturated rings. The molecule has 0 radical (unpaired) electrons. The van der Waals surface area contributed by atoms with Crippen LogP contribution in [-0.2, 0) is 0 Å². The van der Waals surface area contributed by atoms with E-state index in [1.54, 1.807) is 17.6 Å². The Morgan fingerprint density at radius 3 is 3.04 bits per heavy atom. The number of furan rings is 1. The lowest BCUT2D eigenvalue weighted by atomic mass is 10.3. The highest BCUT2D eigenvalue weighted by Gasteiger charge is 2.09. The molecule has 7 heteroatoms. The topological polar surface area (TPSA) is 62.5 Å². The van der Waals surface area contributed by atoms with Crippen LogP contribution in [0.15, 0.2) is 45.9 Å². The Kier molecular flexibility index (Phi) is 5.55. The van der Waals surface area contributed by atoms with Crippen LogP contribution in [0.3, 0.4) is 0 Å². The van der Waals surface area contributed by atoms with Crippen molar-refractivity contribution in [3.8, 4) is 10.8 Å².